The Bertz CT molecular complexity index is 1000. The molecule has 1 aliphatic heterocycles. The molecule has 2 amide bonds. The van der Waals surface area contributed by atoms with E-state index in [-0.39, 0.29) is 29.6 Å². The number of ether oxygens (including phenoxy) is 1. The molecule has 0 unspecified atom stereocenters. The molecule has 1 N–H and O–H groups in total. The lowest BCUT2D eigenvalue weighted by Gasteiger charge is -2.15. The Labute approximate surface area is 193 Å². The Kier molecular flexibility index (Phi) is 7.76. The van der Waals surface area contributed by atoms with Gasteiger partial charge in [0.1, 0.15) is 5.70 Å². The van der Waals surface area contributed by atoms with Crippen LogP contribution in [0.2, 0.25) is 10.0 Å². The van der Waals surface area contributed by atoms with E-state index < -0.39 is 0 Å². The maximum atomic E-state index is 13.2. The van der Waals surface area contributed by atoms with Crippen LogP contribution in [-0.2, 0) is 14.3 Å². The van der Waals surface area contributed by atoms with Crippen molar-refractivity contribution in [3.05, 3.63) is 69.3 Å². The molecule has 2 aromatic carbocycles. The van der Waals surface area contributed by atoms with Gasteiger partial charge in [0.2, 0.25) is 0 Å². The van der Waals surface area contributed by atoms with Crippen molar-refractivity contribution >= 4 is 46.3 Å². The van der Waals surface area contributed by atoms with Gasteiger partial charge in [0.05, 0.1) is 10.6 Å². The number of carbonyl (C=O) groups is 2. The normalized spacial score (nSPS) is 14.2. The summed E-state index contributed by atoms with van der Waals surface area (Å²) in [5.74, 6) is -0.366. The predicted octanol–water partition coefficient (Wildman–Crippen LogP) is 5.74. The van der Waals surface area contributed by atoms with Crippen LogP contribution in [0.3, 0.4) is 0 Å². The fourth-order valence-corrected chi connectivity index (χ4v) is 3.90. The van der Waals surface area contributed by atoms with Crippen molar-refractivity contribution < 1.29 is 14.3 Å². The van der Waals surface area contributed by atoms with Crippen molar-refractivity contribution in [2.45, 2.75) is 33.1 Å². The molecular weight excluding hydrogens is 435 g/mol. The third kappa shape index (κ3) is 5.29. The Morgan fingerprint density at radius 2 is 1.74 bits per heavy atom. The summed E-state index contributed by atoms with van der Waals surface area (Å²) in [5, 5.41) is 3.92. The Morgan fingerprint density at radius 3 is 2.35 bits per heavy atom. The van der Waals surface area contributed by atoms with Crippen LogP contribution >= 0.6 is 23.2 Å². The van der Waals surface area contributed by atoms with Gasteiger partial charge in [-0.2, -0.15) is 0 Å². The summed E-state index contributed by atoms with van der Waals surface area (Å²) in [6.45, 7) is 7.47. The van der Waals surface area contributed by atoms with Crippen LogP contribution in [0, 0.1) is 0 Å². The topological polar surface area (TPSA) is 58.6 Å². The van der Waals surface area contributed by atoms with Crippen molar-refractivity contribution in [1.29, 1.82) is 0 Å². The number of carbonyl (C=O) groups excluding carboxylic acids is 2. The summed E-state index contributed by atoms with van der Waals surface area (Å²) in [6.07, 6.45) is 0.559. The van der Waals surface area contributed by atoms with E-state index in [1.165, 1.54) is 10.5 Å². The van der Waals surface area contributed by atoms with E-state index in [4.69, 9.17) is 27.9 Å². The zero-order valence-corrected chi connectivity index (χ0v) is 19.4. The van der Waals surface area contributed by atoms with Gasteiger partial charge >= 0.3 is 0 Å². The van der Waals surface area contributed by atoms with E-state index in [2.05, 4.69) is 19.2 Å². The van der Waals surface area contributed by atoms with Gasteiger partial charge < -0.3 is 10.1 Å². The van der Waals surface area contributed by atoms with Gasteiger partial charge in [-0.3, -0.25) is 14.5 Å². The molecule has 0 saturated carbocycles. The number of halogens is 2. The molecule has 0 saturated heterocycles. The number of rotatable bonds is 9. The van der Waals surface area contributed by atoms with Gasteiger partial charge in [0, 0.05) is 36.0 Å². The summed E-state index contributed by atoms with van der Waals surface area (Å²) >= 11 is 12.4. The van der Waals surface area contributed by atoms with Crippen LogP contribution in [0.25, 0.3) is 5.57 Å². The monoisotopic (exact) mass is 460 g/mol. The molecule has 164 valence electrons. The number of nitrogens with one attached hydrogen (secondary N) is 1. The third-order valence-corrected chi connectivity index (χ3v) is 5.64. The molecule has 2 aromatic rings. The van der Waals surface area contributed by atoms with E-state index in [1.54, 1.807) is 18.2 Å². The smallest absolute Gasteiger partial charge is 0.278 e. The lowest BCUT2D eigenvalue weighted by Crippen LogP contribution is -2.34. The number of hydrogen-bond acceptors (Lipinski definition) is 4. The minimum atomic E-state index is -0.382. The molecular formula is C24H26Cl2N2O3. The first-order chi connectivity index (χ1) is 14.8. The summed E-state index contributed by atoms with van der Waals surface area (Å²) in [5.41, 5.74) is 2.84. The zero-order valence-electron chi connectivity index (χ0n) is 17.9. The molecule has 5 nitrogen and oxygen atoms in total. The van der Waals surface area contributed by atoms with Crippen molar-refractivity contribution in [3.8, 4) is 0 Å². The molecule has 0 atom stereocenters. The molecule has 0 aromatic heterocycles. The fourth-order valence-electron chi connectivity index (χ4n) is 3.40. The van der Waals surface area contributed by atoms with E-state index in [1.807, 2.05) is 31.2 Å². The fraction of sp³-hybridized carbons (Fsp3) is 0.333. The van der Waals surface area contributed by atoms with E-state index in [0.717, 1.165) is 5.69 Å². The van der Waals surface area contributed by atoms with Crippen LogP contribution < -0.4 is 5.32 Å². The molecule has 0 bridgehead atoms. The molecule has 0 spiro atoms. The molecule has 3 rings (SSSR count). The van der Waals surface area contributed by atoms with Crippen molar-refractivity contribution in [3.63, 3.8) is 0 Å². The van der Waals surface area contributed by atoms with Crippen LogP contribution in [0.1, 0.15) is 44.2 Å². The van der Waals surface area contributed by atoms with E-state index in [0.29, 0.717) is 41.2 Å². The third-order valence-electron chi connectivity index (χ3n) is 5.09. The average molecular weight is 461 g/mol. The Hall–Kier alpha value is -2.34. The highest BCUT2D eigenvalue weighted by Crippen LogP contribution is 2.35. The van der Waals surface area contributed by atoms with Gasteiger partial charge in [0.15, 0.2) is 0 Å². The first-order valence-electron chi connectivity index (χ1n) is 10.3. The highest BCUT2D eigenvalue weighted by atomic mass is 35.5. The van der Waals surface area contributed by atoms with Gasteiger partial charge in [-0.25, -0.2) is 0 Å². The van der Waals surface area contributed by atoms with Crippen molar-refractivity contribution in [2.24, 2.45) is 0 Å². The minimum Gasteiger partial charge on any atom is -0.382 e. The second kappa shape index (κ2) is 10.3. The quantitative estimate of drug-likeness (QED) is 0.383. The van der Waals surface area contributed by atoms with Gasteiger partial charge in [-0.15, -0.1) is 0 Å². The highest BCUT2D eigenvalue weighted by molar-refractivity contribution is 6.41. The molecule has 0 fully saturated rings. The maximum absolute atomic E-state index is 13.2. The first-order valence-corrected chi connectivity index (χ1v) is 11.1. The maximum Gasteiger partial charge on any atom is 0.278 e. The minimum absolute atomic E-state index is 0.211. The van der Waals surface area contributed by atoms with Gasteiger partial charge in [-0.1, -0.05) is 55.2 Å². The van der Waals surface area contributed by atoms with Crippen molar-refractivity contribution in [1.82, 2.24) is 4.90 Å². The largest absolute Gasteiger partial charge is 0.382 e. The number of imide groups is 1. The number of nitrogens with zero attached hydrogens (tertiary/aromatic N) is 1. The second-order valence-electron chi connectivity index (χ2n) is 7.59. The number of amides is 2. The van der Waals surface area contributed by atoms with Crippen molar-refractivity contribution in [2.75, 3.05) is 25.1 Å². The molecule has 0 radical (unpaired) electrons. The second-order valence-corrected chi connectivity index (χ2v) is 8.43. The summed E-state index contributed by atoms with van der Waals surface area (Å²) in [6, 6.07) is 12.7. The SMILES string of the molecule is CCOCCCN1C(=O)C(Nc2ccc(C(C)C)cc2)=C(c2ccc(Cl)cc2Cl)C1=O. The summed E-state index contributed by atoms with van der Waals surface area (Å²) in [7, 11) is 0. The lowest BCUT2D eigenvalue weighted by molar-refractivity contribution is -0.137. The van der Waals surface area contributed by atoms with E-state index in [9.17, 15) is 9.59 Å². The van der Waals surface area contributed by atoms with Gasteiger partial charge in [-0.05, 0) is 49.1 Å². The number of hydrogen-bond donors (Lipinski definition) is 1. The zero-order chi connectivity index (χ0) is 22.5. The van der Waals surface area contributed by atoms with Crippen LogP contribution in [0.4, 0.5) is 5.69 Å². The summed E-state index contributed by atoms with van der Waals surface area (Å²) < 4.78 is 5.35. The molecule has 7 heteroatoms. The van der Waals surface area contributed by atoms with Crippen LogP contribution in [0.5, 0.6) is 0 Å². The van der Waals surface area contributed by atoms with Gasteiger partial charge in [0.25, 0.3) is 11.8 Å². The highest BCUT2D eigenvalue weighted by Gasteiger charge is 2.39. The summed E-state index contributed by atoms with van der Waals surface area (Å²) in [4.78, 5) is 27.7. The lowest BCUT2D eigenvalue weighted by atomic mass is 10.0. The van der Waals surface area contributed by atoms with Crippen LogP contribution in [-0.4, -0.2) is 36.5 Å². The molecule has 1 heterocycles. The number of anilines is 1. The first kappa shape index (κ1) is 23.3. The standard InChI is InChI=1S/C24H26Cl2N2O3/c1-4-31-13-5-12-28-23(29)21(19-11-8-17(25)14-20(19)26)22(24(28)30)27-18-9-6-16(7-10-18)15(2)3/h6-11,14-15,27H,4-5,12-13H2,1-3H3. The average Bonchev–Trinajstić information content (AvgIpc) is 2.96. The number of benzene rings is 2. The molecule has 0 aliphatic carbocycles. The predicted molar refractivity (Wildman–Crippen MR) is 125 cm³/mol. The Balaban J connectivity index is 1.96. The Morgan fingerprint density at radius 1 is 1.03 bits per heavy atom. The van der Waals surface area contributed by atoms with Crippen LogP contribution in [0.15, 0.2) is 48.2 Å². The van der Waals surface area contributed by atoms with E-state index >= 15 is 0 Å². The molecule has 31 heavy (non-hydrogen) atoms. The molecule has 1 aliphatic rings.